The fourth-order valence-electron chi connectivity index (χ4n) is 2.19. The summed E-state index contributed by atoms with van der Waals surface area (Å²) < 4.78 is 0. The topological polar surface area (TPSA) is 59.6 Å². The van der Waals surface area contributed by atoms with Gasteiger partial charge in [0.1, 0.15) is 0 Å². The van der Waals surface area contributed by atoms with E-state index >= 15 is 0 Å². The van der Waals surface area contributed by atoms with Gasteiger partial charge in [0.2, 0.25) is 0 Å². The Labute approximate surface area is 123 Å². The van der Waals surface area contributed by atoms with Crippen LogP contribution in [-0.2, 0) is 6.42 Å². The number of halogens is 1. The van der Waals surface area contributed by atoms with Crippen molar-refractivity contribution in [1.29, 1.82) is 10.5 Å². The van der Waals surface area contributed by atoms with Crippen molar-refractivity contribution in [3.05, 3.63) is 57.4 Å². The number of rotatable bonds is 2. The van der Waals surface area contributed by atoms with Crippen LogP contribution in [0.15, 0.2) is 46.8 Å². The number of allylic oxidation sites excluding steroid dienone is 4. The minimum Gasteiger partial charge on any atom is -0.361 e. The summed E-state index contributed by atoms with van der Waals surface area (Å²) in [5.74, 6) is 0. The molecule has 0 unspecified atom stereocenters. The molecule has 0 aromatic heterocycles. The smallest absolute Gasteiger partial charge is 0.0965 e. The molecule has 1 aromatic carbocycles. The molecule has 0 atom stereocenters. The van der Waals surface area contributed by atoms with Gasteiger partial charge in [0.25, 0.3) is 0 Å². The minimum absolute atomic E-state index is 0.604. The van der Waals surface area contributed by atoms with Crippen LogP contribution < -0.4 is 5.32 Å². The maximum atomic E-state index is 9.28. The number of nitriles is 2. The molecule has 1 aliphatic heterocycles. The maximum absolute atomic E-state index is 9.28. The molecule has 0 saturated heterocycles. The average Bonchev–Trinajstić information content (AvgIpc) is 2.59. The molecule has 0 spiro atoms. The minimum atomic E-state index is 0.604. The van der Waals surface area contributed by atoms with Crippen LogP contribution in [0.2, 0.25) is 5.02 Å². The van der Waals surface area contributed by atoms with Crippen LogP contribution in [0.4, 0.5) is 0 Å². The van der Waals surface area contributed by atoms with E-state index in [0.29, 0.717) is 35.4 Å². The second-order valence-corrected chi connectivity index (χ2v) is 5.15. The Kier molecular flexibility index (Phi) is 4.45. The Morgan fingerprint density at radius 3 is 2.30 bits per heavy atom. The maximum Gasteiger partial charge on any atom is 0.0965 e. The SMILES string of the molecule is CC1=C(C#N)CCC(C#N)=C(Cc2ccc(Cl)cc2)N1. The molecule has 2 rings (SSSR count). The van der Waals surface area contributed by atoms with E-state index < -0.39 is 0 Å². The number of hydrogen-bond donors (Lipinski definition) is 1. The van der Waals surface area contributed by atoms with Gasteiger partial charge in [-0.05, 0) is 37.5 Å². The van der Waals surface area contributed by atoms with Gasteiger partial charge >= 0.3 is 0 Å². The van der Waals surface area contributed by atoms with Crippen LogP contribution in [0.1, 0.15) is 25.3 Å². The predicted molar refractivity (Wildman–Crippen MR) is 78.5 cm³/mol. The summed E-state index contributed by atoms with van der Waals surface area (Å²) in [5, 5.41) is 22.3. The summed E-state index contributed by atoms with van der Waals surface area (Å²) in [5.41, 5.74) is 4.21. The standard InChI is InChI=1S/C16H14ClN3/c1-11-13(9-18)4-5-14(10-19)16(20-11)8-12-2-6-15(17)7-3-12/h2-3,6-7,20H,4-5,8H2,1H3. The van der Waals surface area contributed by atoms with Gasteiger partial charge in [-0.3, -0.25) is 0 Å². The third kappa shape index (κ3) is 3.20. The van der Waals surface area contributed by atoms with Gasteiger partial charge in [-0.15, -0.1) is 0 Å². The largest absolute Gasteiger partial charge is 0.361 e. The molecule has 0 aliphatic carbocycles. The Balaban J connectivity index is 2.29. The van der Waals surface area contributed by atoms with E-state index in [4.69, 9.17) is 16.9 Å². The molecule has 0 saturated carbocycles. The molecule has 0 amide bonds. The summed E-state index contributed by atoms with van der Waals surface area (Å²) in [7, 11) is 0. The van der Waals surface area contributed by atoms with Crippen LogP contribution in [0.25, 0.3) is 0 Å². The van der Waals surface area contributed by atoms with Crippen molar-refractivity contribution >= 4 is 11.6 Å². The monoisotopic (exact) mass is 283 g/mol. The molecule has 1 N–H and O–H groups in total. The molecule has 1 aromatic rings. The molecule has 20 heavy (non-hydrogen) atoms. The Morgan fingerprint density at radius 2 is 1.70 bits per heavy atom. The summed E-state index contributed by atoms with van der Waals surface area (Å²) >= 11 is 5.87. The van der Waals surface area contributed by atoms with Gasteiger partial charge in [0.15, 0.2) is 0 Å². The second-order valence-electron chi connectivity index (χ2n) is 4.71. The van der Waals surface area contributed by atoms with Crippen molar-refractivity contribution in [2.45, 2.75) is 26.2 Å². The highest BCUT2D eigenvalue weighted by atomic mass is 35.5. The van der Waals surface area contributed by atoms with Crippen LogP contribution >= 0.6 is 11.6 Å². The predicted octanol–water partition coefficient (Wildman–Crippen LogP) is 3.84. The zero-order chi connectivity index (χ0) is 14.5. The molecular weight excluding hydrogens is 270 g/mol. The summed E-state index contributed by atoms with van der Waals surface area (Å²) in [6.45, 7) is 1.88. The normalized spacial score (nSPS) is 15.2. The van der Waals surface area contributed by atoms with E-state index in [1.54, 1.807) is 0 Å². The molecule has 100 valence electrons. The molecule has 0 fully saturated rings. The fraction of sp³-hybridized carbons (Fsp3) is 0.250. The van der Waals surface area contributed by atoms with Crippen molar-refractivity contribution in [1.82, 2.24) is 5.32 Å². The lowest BCUT2D eigenvalue weighted by Crippen LogP contribution is -2.14. The summed E-state index contributed by atoms with van der Waals surface area (Å²) in [6.07, 6.45) is 1.85. The number of benzene rings is 1. The first-order valence-corrected chi connectivity index (χ1v) is 6.75. The van der Waals surface area contributed by atoms with Crippen molar-refractivity contribution < 1.29 is 0 Å². The Bertz CT molecular complexity index is 654. The number of nitrogens with one attached hydrogen (secondary N) is 1. The zero-order valence-electron chi connectivity index (χ0n) is 11.2. The highest BCUT2D eigenvalue weighted by Gasteiger charge is 2.15. The molecule has 0 bridgehead atoms. The summed E-state index contributed by atoms with van der Waals surface area (Å²) in [4.78, 5) is 0. The quantitative estimate of drug-likeness (QED) is 0.897. The van der Waals surface area contributed by atoms with E-state index in [-0.39, 0.29) is 0 Å². The third-order valence-corrected chi connectivity index (χ3v) is 3.60. The second kappa shape index (κ2) is 6.28. The highest BCUT2D eigenvalue weighted by Crippen LogP contribution is 2.23. The van der Waals surface area contributed by atoms with Gasteiger partial charge in [-0.25, -0.2) is 0 Å². The van der Waals surface area contributed by atoms with Crippen molar-refractivity contribution in [2.24, 2.45) is 0 Å². The third-order valence-electron chi connectivity index (χ3n) is 3.34. The van der Waals surface area contributed by atoms with E-state index in [2.05, 4.69) is 17.5 Å². The lowest BCUT2D eigenvalue weighted by atomic mass is 10.0. The van der Waals surface area contributed by atoms with Gasteiger partial charge < -0.3 is 5.32 Å². The molecule has 1 aliphatic rings. The first-order chi connectivity index (χ1) is 9.63. The molecule has 4 heteroatoms. The lowest BCUT2D eigenvalue weighted by molar-refractivity contribution is 0.893. The molecule has 1 heterocycles. The molecule has 3 nitrogen and oxygen atoms in total. The number of hydrogen-bond acceptors (Lipinski definition) is 3. The Morgan fingerprint density at radius 1 is 1.10 bits per heavy atom. The summed E-state index contributed by atoms with van der Waals surface area (Å²) in [6, 6.07) is 12.0. The van der Waals surface area contributed by atoms with Gasteiger partial charge in [0, 0.05) is 34.0 Å². The van der Waals surface area contributed by atoms with Crippen molar-refractivity contribution in [3.63, 3.8) is 0 Å². The van der Waals surface area contributed by atoms with E-state index in [0.717, 1.165) is 17.0 Å². The van der Waals surface area contributed by atoms with Crippen LogP contribution in [0.3, 0.4) is 0 Å². The van der Waals surface area contributed by atoms with Crippen LogP contribution in [-0.4, -0.2) is 0 Å². The Hall–Kier alpha value is -2.23. The highest BCUT2D eigenvalue weighted by molar-refractivity contribution is 6.30. The van der Waals surface area contributed by atoms with E-state index in [1.165, 1.54) is 0 Å². The van der Waals surface area contributed by atoms with Crippen molar-refractivity contribution in [3.8, 4) is 12.1 Å². The molecular formula is C16H14ClN3. The average molecular weight is 284 g/mol. The van der Waals surface area contributed by atoms with Crippen molar-refractivity contribution in [2.75, 3.05) is 0 Å². The first kappa shape index (κ1) is 14.2. The van der Waals surface area contributed by atoms with Crippen LogP contribution in [0, 0.1) is 22.7 Å². The van der Waals surface area contributed by atoms with E-state index in [1.807, 2.05) is 31.2 Å². The number of nitrogens with zero attached hydrogens (tertiary/aromatic N) is 2. The van der Waals surface area contributed by atoms with Crippen LogP contribution in [0.5, 0.6) is 0 Å². The fourth-order valence-corrected chi connectivity index (χ4v) is 2.31. The molecule has 0 radical (unpaired) electrons. The first-order valence-electron chi connectivity index (χ1n) is 6.37. The van der Waals surface area contributed by atoms with E-state index in [9.17, 15) is 5.26 Å². The lowest BCUT2D eigenvalue weighted by Gasteiger charge is -2.12. The van der Waals surface area contributed by atoms with Gasteiger partial charge in [-0.2, -0.15) is 10.5 Å². The van der Waals surface area contributed by atoms with Gasteiger partial charge in [-0.1, -0.05) is 23.7 Å². The van der Waals surface area contributed by atoms with Gasteiger partial charge in [0.05, 0.1) is 12.1 Å². The zero-order valence-corrected chi connectivity index (χ0v) is 12.0.